The Morgan fingerprint density at radius 2 is 2.08 bits per heavy atom. The van der Waals surface area contributed by atoms with Crippen molar-refractivity contribution in [1.82, 2.24) is 4.98 Å². The summed E-state index contributed by atoms with van der Waals surface area (Å²) in [4.78, 5) is 18.9. The number of hydrogen-bond acceptors (Lipinski definition) is 3. The summed E-state index contributed by atoms with van der Waals surface area (Å²) in [6.45, 7) is 8.21. The van der Waals surface area contributed by atoms with Crippen LogP contribution in [0.25, 0.3) is 0 Å². The Balaban J connectivity index is 1.65. The lowest BCUT2D eigenvalue weighted by atomic mass is 9.73. The maximum Gasteiger partial charge on any atom is 0.228 e. The molecular weight excluding hydrogens is 300 g/mol. The SMILES string of the molecule is CCC1CC(CN2C(=O)CCc3cc(OCCC(C)C)cnc32)C1. The van der Waals surface area contributed by atoms with Gasteiger partial charge in [-0.2, -0.15) is 0 Å². The maximum absolute atomic E-state index is 12.4. The summed E-state index contributed by atoms with van der Waals surface area (Å²) in [6.07, 6.45) is 7.96. The molecule has 1 fully saturated rings. The first-order chi connectivity index (χ1) is 11.6. The van der Waals surface area contributed by atoms with Gasteiger partial charge in [0.05, 0.1) is 12.8 Å². The van der Waals surface area contributed by atoms with E-state index in [0.717, 1.165) is 49.0 Å². The largest absolute Gasteiger partial charge is 0.492 e. The summed E-state index contributed by atoms with van der Waals surface area (Å²) in [5, 5.41) is 0. The number of hydrogen-bond donors (Lipinski definition) is 0. The van der Waals surface area contributed by atoms with Crippen LogP contribution in [0.15, 0.2) is 12.3 Å². The molecule has 0 unspecified atom stereocenters. The van der Waals surface area contributed by atoms with Crippen molar-refractivity contribution in [2.75, 3.05) is 18.1 Å². The van der Waals surface area contributed by atoms with Gasteiger partial charge in [-0.1, -0.05) is 27.2 Å². The maximum atomic E-state index is 12.4. The molecule has 0 radical (unpaired) electrons. The predicted molar refractivity (Wildman–Crippen MR) is 96.4 cm³/mol. The number of rotatable bonds is 7. The highest BCUT2D eigenvalue weighted by atomic mass is 16.5. The lowest BCUT2D eigenvalue weighted by molar-refractivity contribution is -0.119. The molecule has 0 atom stereocenters. The standard InChI is InChI=1S/C20H30N2O2/c1-4-15-9-16(10-15)13-22-19(23)6-5-17-11-18(12-21-20(17)22)24-8-7-14(2)3/h11-12,14-16H,4-10,13H2,1-3H3. The first kappa shape index (κ1) is 17.2. The highest BCUT2D eigenvalue weighted by Crippen LogP contribution is 2.38. The van der Waals surface area contributed by atoms with Gasteiger partial charge in [0.1, 0.15) is 11.6 Å². The van der Waals surface area contributed by atoms with Gasteiger partial charge in [-0.3, -0.25) is 9.69 Å². The van der Waals surface area contributed by atoms with Crippen molar-refractivity contribution in [1.29, 1.82) is 0 Å². The second-order valence-electron chi connectivity index (χ2n) is 7.80. The molecule has 0 bridgehead atoms. The second-order valence-corrected chi connectivity index (χ2v) is 7.80. The van der Waals surface area contributed by atoms with Crippen molar-refractivity contribution in [2.45, 2.75) is 59.3 Å². The summed E-state index contributed by atoms with van der Waals surface area (Å²) in [6, 6.07) is 2.08. The Hall–Kier alpha value is -1.58. The highest BCUT2D eigenvalue weighted by molar-refractivity contribution is 5.95. The fourth-order valence-electron chi connectivity index (χ4n) is 3.70. The van der Waals surface area contributed by atoms with Crippen LogP contribution in [-0.4, -0.2) is 24.0 Å². The molecule has 0 saturated heterocycles. The van der Waals surface area contributed by atoms with Gasteiger partial charge >= 0.3 is 0 Å². The molecule has 0 aromatic carbocycles. The molecule has 3 rings (SSSR count). The van der Waals surface area contributed by atoms with Gasteiger partial charge in [0.15, 0.2) is 0 Å². The van der Waals surface area contributed by atoms with Crippen LogP contribution in [0.3, 0.4) is 0 Å². The van der Waals surface area contributed by atoms with Crippen LogP contribution in [0, 0.1) is 17.8 Å². The normalized spacial score (nSPS) is 23.2. The van der Waals surface area contributed by atoms with Crippen molar-refractivity contribution >= 4 is 11.7 Å². The third-order valence-electron chi connectivity index (χ3n) is 5.40. The zero-order chi connectivity index (χ0) is 17.1. The van der Waals surface area contributed by atoms with E-state index in [2.05, 4.69) is 31.8 Å². The average Bonchev–Trinajstić information content (AvgIpc) is 2.51. The van der Waals surface area contributed by atoms with Gasteiger partial charge < -0.3 is 4.74 Å². The van der Waals surface area contributed by atoms with Crippen LogP contribution in [0.4, 0.5) is 5.82 Å². The van der Waals surface area contributed by atoms with E-state index >= 15 is 0 Å². The molecule has 1 saturated carbocycles. The zero-order valence-electron chi connectivity index (χ0n) is 15.3. The van der Waals surface area contributed by atoms with Crippen LogP contribution in [-0.2, 0) is 11.2 Å². The van der Waals surface area contributed by atoms with Gasteiger partial charge in [0.25, 0.3) is 0 Å². The Morgan fingerprint density at radius 3 is 2.79 bits per heavy atom. The zero-order valence-corrected chi connectivity index (χ0v) is 15.3. The number of pyridine rings is 1. The van der Waals surface area contributed by atoms with Crippen LogP contribution in [0.1, 0.15) is 58.4 Å². The number of aromatic nitrogens is 1. The fraction of sp³-hybridized carbons (Fsp3) is 0.700. The van der Waals surface area contributed by atoms with Gasteiger partial charge in [-0.15, -0.1) is 0 Å². The Bertz CT molecular complexity index is 579. The molecule has 132 valence electrons. The lowest BCUT2D eigenvalue weighted by Crippen LogP contribution is -2.42. The number of amides is 1. The van der Waals surface area contributed by atoms with E-state index in [4.69, 9.17) is 4.74 Å². The van der Waals surface area contributed by atoms with Crippen LogP contribution in [0.5, 0.6) is 5.75 Å². The van der Waals surface area contributed by atoms with Crippen LogP contribution in [0.2, 0.25) is 0 Å². The van der Waals surface area contributed by atoms with Gasteiger partial charge in [-0.25, -0.2) is 4.98 Å². The highest BCUT2D eigenvalue weighted by Gasteiger charge is 2.33. The number of fused-ring (bicyclic) bond motifs is 1. The van der Waals surface area contributed by atoms with Crippen LogP contribution < -0.4 is 9.64 Å². The third kappa shape index (κ3) is 3.90. The van der Waals surface area contributed by atoms with E-state index < -0.39 is 0 Å². The average molecular weight is 330 g/mol. The summed E-state index contributed by atoms with van der Waals surface area (Å²) in [7, 11) is 0. The molecule has 24 heavy (non-hydrogen) atoms. The van der Waals surface area contributed by atoms with Crippen LogP contribution >= 0.6 is 0 Å². The minimum atomic E-state index is 0.225. The van der Waals surface area contributed by atoms with Crippen molar-refractivity contribution in [3.05, 3.63) is 17.8 Å². The number of aryl methyl sites for hydroxylation is 1. The summed E-state index contributed by atoms with van der Waals surface area (Å²) in [5.74, 6) is 4.06. The molecule has 4 heteroatoms. The molecule has 4 nitrogen and oxygen atoms in total. The van der Waals surface area contributed by atoms with E-state index in [1.165, 1.54) is 19.3 Å². The number of ether oxygens (including phenoxy) is 1. The number of anilines is 1. The third-order valence-corrected chi connectivity index (χ3v) is 5.40. The molecule has 1 aliphatic carbocycles. The van der Waals surface area contributed by atoms with E-state index in [-0.39, 0.29) is 5.91 Å². The Labute approximate surface area is 145 Å². The molecule has 1 amide bonds. The first-order valence-corrected chi connectivity index (χ1v) is 9.48. The first-order valence-electron chi connectivity index (χ1n) is 9.48. The number of nitrogens with zero attached hydrogens (tertiary/aromatic N) is 2. The van der Waals surface area contributed by atoms with E-state index in [1.807, 2.05) is 4.90 Å². The summed E-state index contributed by atoms with van der Waals surface area (Å²) >= 11 is 0. The van der Waals surface area contributed by atoms with Crippen molar-refractivity contribution < 1.29 is 9.53 Å². The van der Waals surface area contributed by atoms with Gasteiger partial charge in [-0.05, 0) is 55.1 Å². The topological polar surface area (TPSA) is 42.4 Å². The molecular formula is C20H30N2O2. The van der Waals surface area contributed by atoms with Crippen molar-refractivity contribution in [2.24, 2.45) is 17.8 Å². The van der Waals surface area contributed by atoms with E-state index in [0.29, 0.717) is 18.3 Å². The summed E-state index contributed by atoms with van der Waals surface area (Å²) < 4.78 is 5.82. The van der Waals surface area contributed by atoms with Gasteiger partial charge in [0, 0.05) is 13.0 Å². The smallest absolute Gasteiger partial charge is 0.228 e. The molecule has 1 aromatic rings. The number of carbonyl (C=O) groups is 1. The Morgan fingerprint density at radius 1 is 1.29 bits per heavy atom. The second kappa shape index (κ2) is 7.54. The minimum Gasteiger partial charge on any atom is -0.492 e. The quantitative estimate of drug-likeness (QED) is 0.751. The predicted octanol–water partition coefficient (Wildman–Crippen LogP) is 4.22. The van der Waals surface area contributed by atoms with Crippen molar-refractivity contribution in [3.8, 4) is 5.75 Å². The monoisotopic (exact) mass is 330 g/mol. The molecule has 0 spiro atoms. The Kier molecular flexibility index (Phi) is 5.42. The lowest BCUT2D eigenvalue weighted by Gasteiger charge is -2.39. The molecule has 1 aromatic heterocycles. The minimum absolute atomic E-state index is 0.225. The molecule has 2 aliphatic rings. The van der Waals surface area contributed by atoms with E-state index in [9.17, 15) is 4.79 Å². The molecule has 0 N–H and O–H groups in total. The fourth-order valence-corrected chi connectivity index (χ4v) is 3.70. The molecule has 1 aliphatic heterocycles. The number of carbonyl (C=O) groups excluding carboxylic acids is 1. The van der Waals surface area contributed by atoms with Crippen molar-refractivity contribution in [3.63, 3.8) is 0 Å². The van der Waals surface area contributed by atoms with E-state index in [1.54, 1.807) is 6.20 Å². The summed E-state index contributed by atoms with van der Waals surface area (Å²) in [5.41, 5.74) is 1.16. The van der Waals surface area contributed by atoms with Gasteiger partial charge in [0.2, 0.25) is 5.91 Å². The molecule has 2 heterocycles.